The van der Waals surface area contributed by atoms with Gasteiger partial charge in [-0.15, -0.1) is 0 Å². The zero-order valence-electron chi connectivity index (χ0n) is 10.9. The zero-order chi connectivity index (χ0) is 15.6. The van der Waals surface area contributed by atoms with Gasteiger partial charge in [0.2, 0.25) is 0 Å². The first-order valence-electron chi connectivity index (χ1n) is 6.22. The Balaban J connectivity index is 1.96. The molecule has 21 heavy (non-hydrogen) atoms. The van der Waals surface area contributed by atoms with Crippen LogP contribution < -0.4 is 10.4 Å². The highest BCUT2D eigenvalue weighted by Crippen LogP contribution is 2.20. The van der Waals surface area contributed by atoms with Crippen molar-refractivity contribution in [3.63, 3.8) is 0 Å². The number of aromatic nitrogens is 1. The summed E-state index contributed by atoms with van der Waals surface area (Å²) < 4.78 is 36.9. The minimum Gasteiger partial charge on any atom is -0.423 e. The maximum absolute atomic E-state index is 12.3. The van der Waals surface area contributed by atoms with Crippen LogP contribution in [0, 0.1) is 0 Å². The molecule has 1 saturated heterocycles. The largest absolute Gasteiger partial charge is 0.490 e. The van der Waals surface area contributed by atoms with Crippen LogP contribution in [0.3, 0.4) is 0 Å². The van der Waals surface area contributed by atoms with Gasteiger partial charge in [0, 0.05) is 37.8 Å². The number of alkyl halides is 3. The Morgan fingerprint density at radius 3 is 2.24 bits per heavy atom. The molecule has 1 fully saturated rings. The predicted molar refractivity (Wildman–Crippen MR) is 68.9 cm³/mol. The second kappa shape index (κ2) is 5.90. The molecular formula is C11H13BF3N3O3. The van der Waals surface area contributed by atoms with E-state index in [1.54, 1.807) is 11.0 Å². The van der Waals surface area contributed by atoms with Crippen molar-refractivity contribution >= 4 is 24.3 Å². The number of hydrogen-bond donors (Lipinski definition) is 2. The van der Waals surface area contributed by atoms with Crippen molar-refractivity contribution in [1.29, 1.82) is 0 Å². The van der Waals surface area contributed by atoms with Crippen molar-refractivity contribution in [2.24, 2.45) is 0 Å². The number of nitrogens with zero attached hydrogens (tertiary/aromatic N) is 3. The van der Waals surface area contributed by atoms with Gasteiger partial charge in [0.05, 0.1) is 0 Å². The van der Waals surface area contributed by atoms with Crippen LogP contribution in [0.25, 0.3) is 0 Å². The van der Waals surface area contributed by atoms with Crippen LogP contribution in [0.5, 0.6) is 0 Å². The Bertz CT molecular complexity index is 502. The van der Waals surface area contributed by atoms with Gasteiger partial charge >= 0.3 is 19.2 Å². The number of carbonyl (C=O) groups is 1. The Morgan fingerprint density at radius 1 is 1.19 bits per heavy atom. The van der Waals surface area contributed by atoms with E-state index >= 15 is 0 Å². The molecule has 2 heterocycles. The van der Waals surface area contributed by atoms with Crippen LogP contribution >= 0.6 is 0 Å². The highest BCUT2D eigenvalue weighted by Gasteiger charge is 2.43. The second-order valence-electron chi connectivity index (χ2n) is 4.60. The lowest BCUT2D eigenvalue weighted by atomic mass is 9.82. The number of pyridine rings is 1. The van der Waals surface area contributed by atoms with Crippen LogP contribution in [0.15, 0.2) is 18.3 Å². The molecular weight excluding hydrogens is 290 g/mol. The highest BCUT2D eigenvalue weighted by molar-refractivity contribution is 6.58. The van der Waals surface area contributed by atoms with Crippen LogP contribution in [0.1, 0.15) is 0 Å². The molecule has 114 valence electrons. The third-order valence-electron chi connectivity index (χ3n) is 3.20. The molecule has 6 nitrogen and oxygen atoms in total. The van der Waals surface area contributed by atoms with Gasteiger partial charge in [-0.2, -0.15) is 13.2 Å². The summed E-state index contributed by atoms with van der Waals surface area (Å²) in [7, 11) is -1.62. The normalized spacial score (nSPS) is 16.0. The number of carbonyl (C=O) groups excluding carboxylic acids is 1. The molecule has 0 atom stereocenters. The lowest BCUT2D eigenvalue weighted by Gasteiger charge is -2.35. The van der Waals surface area contributed by atoms with Gasteiger partial charge in [-0.1, -0.05) is 6.07 Å². The molecule has 0 aromatic carbocycles. The average molecular weight is 303 g/mol. The summed E-state index contributed by atoms with van der Waals surface area (Å²) in [4.78, 5) is 17.6. The Hall–Kier alpha value is -1.81. The maximum Gasteiger partial charge on any atom is 0.490 e. The number of anilines is 1. The molecule has 1 amide bonds. The standard InChI is InChI=1S/C11H13BF3N3O3/c13-11(14,15)10(19)18-5-3-17(4-6-18)9-2-1-8(7-16-9)12(20)21/h1-2,7,20-21H,3-6H2. The van der Waals surface area contributed by atoms with E-state index in [-0.39, 0.29) is 31.6 Å². The van der Waals surface area contributed by atoms with E-state index in [0.29, 0.717) is 5.82 Å². The fourth-order valence-corrected chi connectivity index (χ4v) is 2.06. The number of halogens is 3. The average Bonchev–Trinajstić information content (AvgIpc) is 2.46. The van der Waals surface area contributed by atoms with Gasteiger partial charge in [0.15, 0.2) is 0 Å². The van der Waals surface area contributed by atoms with E-state index in [1.807, 2.05) is 0 Å². The van der Waals surface area contributed by atoms with Crippen molar-refractivity contribution in [1.82, 2.24) is 9.88 Å². The van der Waals surface area contributed by atoms with E-state index in [0.717, 1.165) is 4.90 Å². The summed E-state index contributed by atoms with van der Waals surface area (Å²) in [5.41, 5.74) is 0.227. The summed E-state index contributed by atoms with van der Waals surface area (Å²) in [6.45, 7) is 0.389. The number of piperazine rings is 1. The first-order valence-corrected chi connectivity index (χ1v) is 6.22. The highest BCUT2D eigenvalue weighted by atomic mass is 19.4. The van der Waals surface area contributed by atoms with Crippen LogP contribution in [0.2, 0.25) is 0 Å². The monoisotopic (exact) mass is 303 g/mol. The quantitative estimate of drug-likeness (QED) is 0.684. The summed E-state index contributed by atoms with van der Waals surface area (Å²) >= 11 is 0. The summed E-state index contributed by atoms with van der Waals surface area (Å²) in [5.74, 6) is -1.31. The predicted octanol–water partition coefficient (Wildman–Crippen LogP) is -1.03. The number of hydrogen-bond acceptors (Lipinski definition) is 5. The lowest BCUT2D eigenvalue weighted by Crippen LogP contribution is -2.52. The summed E-state index contributed by atoms with van der Waals surface area (Å²) in [6.07, 6.45) is -3.56. The van der Waals surface area contributed by atoms with Crippen molar-refractivity contribution in [3.8, 4) is 0 Å². The van der Waals surface area contributed by atoms with E-state index in [2.05, 4.69) is 4.98 Å². The van der Waals surface area contributed by atoms with Gasteiger partial charge in [0.1, 0.15) is 5.82 Å². The van der Waals surface area contributed by atoms with Gasteiger partial charge in [-0.3, -0.25) is 4.79 Å². The Kier molecular flexibility index (Phi) is 4.38. The molecule has 0 bridgehead atoms. The Labute approximate surface area is 118 Å². The molecule has 0 radical (unpaired) electrons. The van der Waals surface area contributed by atoms with Crippen molar-refractivity contribution in [2.45, 2.75) is 6.18 Å². The van der Waals surface area contributed by atoms with Crippen LogP contribution in [0.4, 0.5) is 19.0 Å². The lowest BCUT2D eigenvalue weighted by molar-refractivity contribution is -0.185. The minimum atomic E-state index is -4.85. The van der Waals surface area contributed by atoms with E-state index < -0.39 is 19.2 Å². The van der Waals surface area contributed by atoms with Crippen LogP contribution in [-0.2, 0) is 4.79 Å². The molecule has 1 aliphatic rings. The molecule has 1 aliphatic heterocycles. The van der Waals surface area contributed by atoms with Gasteiger partial charge in [-0.25, -0.2) is 4.98 Å². The van der Waals surface area contributed by atoms with Crippen LogP contribution in [-0.4, -0.2) is 65.3 Å². The number of rotatable bonds is 2. The first kappa shape index (κ1) is 15.6. The molecule has 2 rings (SSSR count). The van der Waals surface area contributed by atoms with E-state index in [1.165, 1.54) is 12.3 Å². The third-order valence-corrected chi connectivity index (χ3v) is 3.20. The fourth-order valence-electron chi connectivity index (χ4n) is 2.06. The molecule has 0 unspecified atom stereocenters. The van der Waals surface area contributed by atoms with E-state index in [9.17, 15) is 18.0 Å². The maximum atomic E-state index is 12.3. The van der Waals surface area contributed by atoms with Gasteiger partial charge in [0.25, 0.3) is 0 Å². The summed E-state index contributed by atoms with van der Waals surface area (Å²) in [6, 6.07) is 3.02. The first-order chi connectivity index (χ1) is 9.79. The molecule has 0 saturated carbocycles. The topological polar surface area (TPSA) is 76.9 Å². The molecule has 1 aromatic rings. The van der Waals surface area contributed by atoms with Gasteiger partial charge < -0.3 is 19.8 Å². The second-order valence-corrected chi connectivity index (χ2v) is 4.60. The smallest absolute Gasteiger partial charge is 0.423 e. The zero-order valence-corrected chi connectivity index (χ0v) is 10.9. The summed E-state index contributed by atoms with van der Waals surface area (Å²) in [5, 5.41) is 17.9. The third kappa shape index (κ3) is 3.64. The van der Waals surface area contributed by atoms with Crippen molar-refractivity contribution < 1.29 is 28.0 Å². The minimum absolute atomic E-state index is 0.0373. The Morgan fingerprint density at radius 2 is 1.81 bits per heavy atom. The molecule has 2 N–H and O–H groups in total. The number of amides is 1. The van der Waals surface area contributed by atoms with E-state index in [4.69, 9.17) is 10.0 Å². The molecule has 1 aromatic heterocycles. The van der Waals surface area contributed by atoms with Crippen molar-refractivity contribution in [2.75, 3.05) is 31.1 Å². The fraction of sp³-hybridized carbons (Fsp3) is 0.455. The molecule has 10 heteroatoms. The van der Waals surface area contributed by atoms with Crippen molar-refractivity contribution in [3.05, 3.63) is 18.3 Å². The molecule has 0 aliphatic carbocycles. The van der Waals surface area contributed by atoms with Gasteiger partial charge in [-0.05, 0) is 6.07 Å². The SMILES string of the molecule is O=C(N1CCN(c2ccc(B(O)O)cn2)CC1)C(F)(F)F. The molecule has 0 spiro atoms.